The van der Waals surface area contributed by atoms with Crippen molar-refractivity contribution < 1.29 is 4.74 Å². The fourth-order valence-electron chi connectivity index (χ4n) is 3.21. The SMILES string of the molecule is CC(C)Oc1ccc(Nc2ncnc3sc4c(c23)CCCC4)cc1.Cl. The molecule has 0 radical (unpaired) electrons. The van der Waals surface area contributed by atoms with Crippen molar-refractivity contribution in [3.05, 3.63) is 41.0 Å². The zero-order valence-corrected chi connectivity index (χ0v) is 16.0. The van der Waals surface area contributed by atoms with E-state index in [1.165, 1.54) is 35.1 Å². The summed E-state index contributed by atoms with van der Waals surface area (Å²) < 4.78 is 5.70. The van der Waals surface area contributed by atoms with Crippen molar-refractivity contribution in [3.63, 3.8) is 0 Å². The zero-order chi connectivity index (χ0) is 16.5. The molecule has 1 aliphatic carbocycles. The number of hydrogen-bond donors (Lipinski definition) is 1. The summed E-state index contributed by atoms with van der Waals surface area (Å²) in [4.78, 5) is 11.6. The number of thiophene rings is 1. The Morgan fingerprint density at radius 2 is 1.84 bits per heavy atom. The number of hydrogen-bond acceptors (Lipinski definition) is 5. The molecule has 4 nitrogen and oxygen atoms in total. The molecule has 0 aliphatic heterocycles. The van der Waals surface area contributed by atoms with Crippen molar-refractivity contribution >= 4 is 45.5 Å². The van der Waals surface area contributed by atoms with Gasteiger partial charge in [-0.05, 0) is 69.4 Å². The quantitative estimate of drug-likeness (QED) is 0.651. The Bertz CT molecular complexity index is 861. The molecule has 1 aliphatic rings. The summed E-state index contributed by atoms with van der Waals surface area (Å²) in [5, 5.41) is 4.67. The maximum atomic E-state index is 5.70. The van der Waals surface area contributed by atoms with Gasteiger partial charge in [0.25, 0.3) is 0 Å². The molecule has 0 atom stereocenters. The highest BCUT2D eigenvalue weighted by molar-refractivity contribution is 7.19. The maximum Gasteiger partial charge on any atom is 0.142 e. The van der Waals surface area contributed by atoms with Gasteiger partial charge in [-0.2, -0.15) is 0 Å². The third kappa shape index (κ3) is 3.72. The van der Waals surface area contributed by atoms with Crippen LogP contribution in [0.2, 0.25) is 0 Å². The molecule has 4 rings (SSSR count). The second kappa shape index (κ2) is 7.58. The fourth-order valence-corrected chi connectivity index (χ4v) is 4.44. The topological polar surface area (TPSA) is 47.0 Å². The number of ether oxygens (including phenoxy) is 1. The molecule has 0 fully saturated rings. The van der Waals surface area contributed by atoms with Crippen LogP contribution in [0.25, 0.3) is 10.2 Å². The Kier molecular flexibility index (Phi) is 5.45. The van der Waals surface area contributed by atoms with Crippen LogP contribution in [0, 0.1) is 0 Å². The standard InChI is InChI=1S/C19H21N3OS.ClH/c1-12(2)23-14-9-7-13(8-10-14)22-18-17-15-5-3-4-6-16(15)24-19(17)21-11-20-18;/h7-12H,3-6H2,1-2H3,(H,20,21,22);1H. The van der Waals surface area contributed by atoms with Crippen LogP contribution >= 0.6 is 23.7 Å². The van der Waals surface area contributed by atoms with Crippen molar-refractivity contribution in [2.75, 3.05) is 5.32 Å². The predicted molar refractivity (Wildman–Crippen MR) is 107 cm³/mol. The minimum Gasteiger partial charge on any atom is -0.491 e. The van der Waals surface area contributed by atoms with Crippen molar-refractivity contribution in [1.29, 1.82) is 0 Å². The molecule has 2 heterocycles. The monoisotopic (exact) mass is 375 g/mol. The summed E-state index contributed by atoms with van der Waals surface area (Å²) in [6.45, 7) is 4.06. The fraction of sp³-hybridized carbons (Fsp3) is 0.368. The predicted octanol–water partition coefficient (Wildman–Crippen LogP) is 5.52. The molecule has 132 valence electrons. The van der Waals surface area contributed by atoms with Gasteiger partial charge >= 0.3 is 0 Å². The summed E-state index contributed by atoms with van der Waals surface area (Å²) in [6, 6.07) is 8.04. The number of nitrogens with zero attached hydrogens (tertiary/aromatic N) is 2. The van der Waals surface area contributed by atoms with E-state index in [2.05, 4.69) is 15.3 Å². The number of nitrogens with one attached hydrogen (secondary N) is 1. The Labute approximate surface area is 158 Å². The molecule has 0 amide bonds. The van der Waals surface area contributed by atoms with Gasteiger partial charge in [-0.1, -0.05) is 0 Å². The molecule has 0 unspecified atom stereocenters. The molecule has 6 heteroatoms. The van der Waals surface area contributed by atoms with Gasteiger partial charge in [0.05, 0.1) is 11.5 Å². The van der Waals surface area contributed by atoms with E-state index >= 15 is 0 Å². The van der Waals surface area contributed by atoms with Gasteiger partial charge in [0.15, 0.2) is 0 Å². The van der Waals surface area contributed by atoms with E-state index < -0.39 is 0 Å². The molecule has 0 bridgehead atoms. The highest BCUT2D eigenvalue weighted by Gasteiger charge is 2.19. The summed E-state index contributed by atoms with van der Waals surface area (Å²) in [7, 11) is 0. The Morgan fingerprint density at radius 1 is 1.08 bits per heavy atom. The van der Waals surface area contributed by atoms with E-state index in [4.69, 9.17) is 4.74 Å². The van der Waals surface area contributed by atoms with Crippen molar-refractivity contribution in [3.8, 4) is 5.75 Å². The second-order valence-corrected chi connectivity index (χ2v) is 7.51. The van der Waals surface area contributed by atoms with Gasteiger partial charge in [0.1, 0.15) is 22.7 Å². The number of benzene rings is 1. The van der Waals surface area contributed by atoms with Crippen LogP contribution in [0.1, 0.15) is 37.1 Å². The molecular formula is C19H22ClN3OS. The molecule has 0 saturated carbocycles. The first kappa shape index (κ1) is 18.0. The lowest BCUT2D eigenvalue weighted by Gasteiger charge is -2.13. The minimum atomic E-state index is 0. The van der Waals surface area contributed by atoms with Gasteiger partial charge in [-0.25, -0.2) is 9.97 Å². The second-order valence-electron chi connectivity index (χ2n) is 6.43. The van der Waals surface area contributed by atoms with E-state index in [1.54, 1.807) is 6.33 Å². The zero-order valence-electron chi connectivity index (χ0n) is 14.4. The average molecular weight is 376 g/mol. The van der Waals surface area contributed by atoms with E-state index in [9.17, 15) is 0 Å². The maximum absolute atomic E-state index is 5.70. The summed E-state index contributed by atoms with van der Waals surface area (Å²) >= 11 is 1.82. The molecule has 0 saturated heterocycles. The molecule has 2 aromatic heterocycles. The van der Waals surface area contributed by atoms with Crippen molar-refractivity contribution in [2.24, 2.45) is 0 Å². The third-order valence-electron chi connectivity index (χ3n) is 4.24. The Balaban J connectivity index is 0.00000182. The van der Waals surface area contributed by atoms with Crippen LogP contribution < -0.4 is 10.1 Å². The number of aromatic nitrogens is 2. The van der Waals surface area contributed by atoms with E-state index in [0.717, 1.165) is 28.5 Å². The lowest BCUT2D eigenvalue weighted by atomic mass is 9.97. The van der Waals surface area contributed by atoms with Crippen LogP contribution in [-0.2, 0) is 12.8 Å². The molecular weight excluding hydrogens is 354 g/mol. The lowest BCUT2D eigenvalue weighted by molar-refractivity contribution is 0.242. The first-order valence-corrected chi connectivity index (χ1v) is 9.31. The summed E-state index contributed by atoms with van der Waals surface area (Å²) in [5.41, 5.74) is 2.46. The third-order valence-corrected chi connectivity index (χ3v) is 5.44. The molecule has 1 aromatic carbocycles. The molecule has 25 heavy (non-hydrogen) atoms. The first-order valence-electron chi connectivity index (χ1n) is 8.49. The van der Waals surface area contributed by atoms with E-state index in [0.29, 0.717) is 0 Å². The summed E-state index contributed by atoms with van der Waals surface area (Å²) in [5.74, 6) is 1.80. The van der Waals surface area contributed by atoms with E-state index in [-0.39, 0.29) is 18.5 Å². The number of anilines is 2. The Morgan fingerprint density at radius 3 is 2.60 bits per heavy atom. The minimum absolute atomic E-state index is 0. The van der Waals surface area contributed by atoms with Gasteiger partial charge in [-0.15, -0.1) is 23.7 Å². The average Bonchev–Trinajstić information content (AvgIpc) is 2.96. The van der Waals surface area contributed by atoms with Gasteiger partial charge in [0, 0.05) is 10.6 Å². The van der Waals surface area contributed by atoms with Crippen molar-refractivity contribution in [1.82, 2.24) is 9.97 Å². The molecule has 0 spiro atoms. The van der Waals surface area contributed by atoms with Gasteiger partial charge < -0.3 is 10.1 Å². The van der Waals surface area contributed by atoms with Gasteiger partial charge in [-0.3, -0.25) is 0 Å². The van der Waals surface area contributed by atoms with Crippen LogP contribution in [0.15, 0.2) is 30.6 Å². The van der Waals surface area contributed by atoms with Crippen molar-refractivity contribution in [2.45, 2.75) is 45.6 Å². The Hall–Kier alpha value is -1.85. The highest BCUT2D eigenvalue weighted by atomic mass is 35.5. The van der Waals surface area contributed by atoms with Gasteiger partial charge in [0.2, 0.25) is 0 Å². The first-order chi connectivity index (χ1) is 11.7. The van der Waals surface area contributed by atoms with Crippen LogP contribution in [-0.4, -0.2) is 16.1 Å². The number of rotatable bonds is 4. The van der Waals surface area contributed by atoms with E-state index in [1.807, 2.05) is 49.4 Å². The number of aryl methyl sites for hydroxylation is 2. The lowest BCUT2D eigenvalue weighted by Crippen LogP contribution is -2.05. The number of halogens is 1. The normalized spacial score (nSPS) is 13.4. The number of fused-ring (bicyclic) bond motifs is 3. The smallest absolute Gasteiger partial charge is 0.142 e. The summed E-state index contributed by atoms with van der Waals surface area (Å²) in [6.07, 6.45) is 6.70. The van der Waals surface area contributed by atoms with Crippen LogP contribution in [0.3, 0.4) is 0 Å². The molecule has 1 N–H and O–H groups in total. The largest absolute Gasteiger partial charge is 0.491 e. The van der Waals surface area contributed by atoms with Crippen LogP contribution in [0.5, 0.6) is 5.75 Å². The van der Waals surface area contributed by atoms with Crippen LogP contribution in [0.4, 0.5) is 11.5 Å². The highest BCUT2D eigenvalue weighted by Crippen LogP contribution is 2.38. The molecule has 3 aromatic rings.